The van der Waals surface area contributed by atoms with Gasteiger partial charge in [-0.1, -0.05) is 11.6 Å². The van der Waals surface area contributed by atoms with E-state index in [0.717, 1.165) is 0 Å². The second kappa shape index (κ2) is 6.46. The van der Waals surface area contributed by atoms with Gasteiger partial charge in [0, 0.05) is 0 Å². The van der Waals surface area contributed by atoms with Gasteiger partial charge in [-0.25, -0.2) is 4.39 Å². The molecule has 0 aliphatic carbocycles. The Kier molecular flexibility index (Phi) is 5.06. The van der Waals surface area contributed by atoms with Crippen LogP contribution in [0, 0.1) is 5.82 Å². The summed E-state index contributed by atoms with van der Waals surface area (Å²) in [6.45, 7) is 4.17. The molecule has 7 heteroatoms. The van der Waals surface area contributed by atoms with Crippen LogP contribution in [0.3, 0.4) is 0 Å². The van der Waals surface area contributed by atoms with Gasteiger partial charge in [0.05, 0.1) is 48.6 Å². The molecule has 3 N–H and O–H groups in total. The number of aliphatic hydroxyl groups is 1. The van der Waals surface area contributed by atoms with Crippen LogP contribution in [0.15, 0.2) is 6.07 Å². The first-order chi connectivity index (χ1) is 9.94. The Labute approximate surface area is 127 Å². The fourth-order valence-electron chi connectivity index (χ4n) is 2.36. The van der Waals surface area contributed by atoms with Gasteiger partial charge in [-0.3, -0.25) is 0 Å². The summed E-state index contributed by atoms with van der Waals surface area (Å²) in [5.41, 5.74) is 6.29. The van der Waals surface area contributed by atoms with Crippen molar-refractivity contribution in [2.75, 3.05) is 26.4 Å². The smallest absolute Gasteiger partial charge is 0.195 e. The molecule has 0 saturated carbocycles. The lowest BCUT2D eigenvalue weighted by Gasteiger charge is -2.28. The number of aliphatic hydroxyl groups excluding tert-OH is 1. The van der Waals surface area contributed by atoms with Crippen molar-refractivity contribution in [2.24, 2.45) is 5.73 Å². The summed E-state index contributed by atoms with van der Waals surface area (Å²) in [4.78, 5) is 0. The normalized spacial score (nSPS) is 18.8. The molecule has 0 amide bonds. The molecule has 118 valence electrons. The van der Waals surface area contributed by atoms with Crippen LogP contribution < -0.4 is 10.5 Å². The summed E-state index contributed by atoms with van der Waals surface area (Å²) < 4.78 is 31.1. The SMILES string of the molecule is CCOc1c(C2(C)OCCO2)cc(Cl)c(F)c1[C@H](N)CO. The standard InChI is InChI=1S/C14H19ClFNO4/c1-3-19-13-8(14(2)20-4-5-21-14)6-9(15)12(16)11(13)10(17)7-18/h6,10,18H,3-5,7,17H2,1-2H3/t10-/m1/s1. The van der Waals surface area contributed by atoms with E-state index in [1.165, 1.54) is 6.07 Å². The van der Waals surface area contributed by atoms with Gasteiger partial charge < -0.3 is 25.1 Å². The number of rotatable bonds is 5. The Hall–Kier alpha value is -0.920. The minimum Gasteiger partial charge on any atom is -0.493 e. The number of ether oxygens (including phenoxy) is 3. The molecule has 0 unspecified atom stereocenters. The maximum Gasteiger partial charge on any atom is 0.195 e. The van der Waals surface area contributed by atoms with E-state index in [0.29, 0.717) is 25.4 Å². The van der Waals surface area contributed by atoms with Crippen LogP contribution in [0.2, 0.25) is 5.02 Å². The maximum atomic E-state index is 14.3. The van der Waals surface area contributed by atoms with Gasteiger partial charge in [-0.2, -0.15) is 0 Å². The number of hydrogen-bond donors (Lipinski definition) is 2. The van der Waals surface area contributed by atoms with Crippen LogP contribution >= 0.6 is 11.6 Å². The predicted molar refractivity (Wildman–Crippen MR) is 75.8 cm³/mol. The lowest BCUT2D eigenvalue weighted by Crippen LogP contribution is -2.26. The van der Waals surface area contributed by atoms with Gasteiger partial charge in [0.2, 0.25) is 0 Å². The third-order valence-corrected chi connectivity index (χ3v) is 3.67. The van der Waals surface area contributed by atoms with E-state index in [-0.39, 0.29) is 16.3 Å². The summed E-state index contributed by atoms with van der Waals surface area (Å²) in [5, 5.41) is 9.15. The van der Waals surface area contributed by atoms with Gasteiger partial charge in [-0.05, 0) is 19.9 Å². The van der Waals surface area contributed by atoms with Gasteiger partial charge in [0.1, 0.15) is 11.6 Å². The van der Waals surface area contributed by atoms with Crippen molar-refractivity contribution in [3.63, 3.8) is 0 Å². The van der Waals surface area contributed by atoms with Crippen LogP contribution in [-0.4, -0.2) is 31.5 Å². The van der Waals surface area contributed by atoms with Gasteiger partial charge in [-0.15, -0.1) is 0 Å². The van der Waals surface area contributed by atoms with Crippen LogP contribution in [0.5, 0.6) is 5.75 Å². The van der Waals surface area contributed by atoms with Crippen LogP contribution in [0.4, 0.5) is 4.39 Å². The van der Waals surface area contributed by atoms with Crippen molar-refractivity contribution in [3.05, 3.63) is 28.0 Å². The molecule has 1 fully saturated rings. The molecular weight excluding hydrogens is 301 g/mol. The molecule has 5 nitrogen and oxygen atoms in total. The first-order valence-electron chi connectivity index (χ1n) is 6.74. The molecular formula is C14H19ClFNO4. The lowest BCUT2D eigenvalue weighted by atomic mass is 9.97. The summed E-state index contributed by atoms with van der Waals surface area (Å²) >= 11 is 5.95. The van der Waals surface area contributed by atoms with Crippen molar-refractivity contribution in [3.8, 4) is 5.75 Å². The van der Waals surface area contributed by atoms with Gasteiger partial charge in [0.15, 0.2) is 5.79 Å². The van der Waals surface area contributed by atoms with Crippen LogP contribution in [-0.2, 0) is 15.3 Å². The summed E-state index contributed by atoms with van der Waals surface area (Å²) in [6.07, 6.45) is 0. The fraction of sp³-hybridized carbons (Fsp3) is 0.571. The van der Waals surface area contributed by atoms with E-state index in [9.17, 15) is 9.50 Å². The quantitative estimate of drug-likeness (QED) is 0.869. The first-order valence-corrected chi connectivity index (χ1v) is 7.12. The minimum absolute atomic E-state index is 0.0298. The highest BCUT2D eigenvalue weighted by atomic mass is 35.5. The van der Waals surface area contributed by atoms with Gasteiger partial charge >= 0.3 is 0 Å². The lowest BCUT2D eigenvalue weighted by molar-refractivity contribution is -0.151. The van der Waals surface area contributed by atoms with Crippen LogP contribution in [0.1, 0.15) is 31.0 Å². The summed E-state index contributed by atoms with van der Waals surface area (Å²) in [6, 6.07) is 0.467. The molecule has 1 saturated heterocycles. The Bertz CT molecular complexity index is 520. The molecule has 0 aromatic heterocycles. The second-order valence-corrected chi connectivity index (χ2v) is 5.23. The maximum absolute atomic E-state index is 14.3. The van der Waals surface area contributed by atoms with Crippen molar-refractivity contribution in [2.45, 2.75) is 25.7 Å². The number of nitrogens with two attached hydrogens (primary N) is 1. The molecule has 2 rings (SSSR count). The molecule has 1 atom stereocenters. The Morgan fingerprint density at radius 3 is 2.67 bits per heavy atom. The zero-order valence-electron chi connectivity index (χ0n) is 12.0. The average molecular weight is 320 g/mol. The van der Waals surface area contributed by atoms with Crippen molar-refractivity contribution < 1.29 is 23.7 Å². The molecule has 0 radical (unpaired) electrons. The third-order valence-electron chi connectivity index (χ3n) is 3.39. The Morgan fingerprint density at radius 1 is 1.52 bits per heavy atom. The van der Waals surface area contributed by atoms with E-state index in [1.54, 1.807) is 13.8 Å². The highest BCUT2D eigenvalue weighted by molar-refractivity contribution is 6.31. The Balaban J connectivity index is 2.66. The Morgan fingerprint density at radius 2 is 2.14 bits per heavy atom. The molecule has 1 aromatic carbocycles. The summed E-state index contributed by atoms with van der Waals surface area (Å²) in [5.74, 6) is -1.57. The zero-order chi connectivity index (χ0) is 15.6. The van der Waals surface area contributed by atoms with Crippen molar-refractivity contribution in [1.82, 2.24) is 0 Å². The monoisotopic (exact) mass is 319 g/mol. The second-order valence-electron chi connectivity index (χ2n) is 4.83. The van der Waals surface area contributed by atoms with E-state index < -0.39 is 24.3 Å². The molecule has 0 spiro atoms. The molecule has 1 heterocycles. The van der Waals surface area contributed by atoms with Crippen LogP contribution in [0.25, 0.3) is 0 Å². The van der Waals surface area contributed by atoms with E-state index in [2.05, 4.69) is 0 Å². The highest BCUT2D eigenvalue weighted by Gasteiger charge is 2.39. The number of halogens is 2. The number of hydrogen-bond acceptors (Lipinski definition) is 5. The topological polar surface area (TPSA) is 73.9 Å². The van der Waals surface area contributed by atoms with E-state index in [4.69, 9.17) is 31.5 Å². The predicted octanol–water partition coefficient (Wildman–Crippen LogP) is 2.09. The largest absolute Gasteiger partial charge is 0.493 e. The zero-order valence-corrected chi connectivity index (χ0v) is 12.7. The van der Waals surface area contributed by atoms with Crippen molar-refractivity contribution >= 4 is 11.6 Å². The molecule has 1 aliphatic rings. The van der Waals surface area contributed by atoms with E-state index >= 15 is 0 Å². The molecule has 1 aliphatic heterocycles. The minimum atomic E-state index is -1.08. The summed E-state index contributed by atoms with van der Waals surface area (Å²) in [7, 11) is 0. The van der Waals surface area contributed by atoms with E-state index in [1.807, 2.05) is 0 Å². The molecule has 21 heavy (non-hydrogen) atoms. The van der Waals surface area contributed by atoms with Gasteiger partial charge in [0.25, 0.3) is 0 Å². The highest BCUT2D eigenvalue weighted by Crippen LogP contribution is 2.43. The average Bonchev–Trinajstić information content (AvgIpc) is 2.90. The first kappa shape index (κ1) is 16.5. The molecule has 0 bridgehead atoms. The van der Waals surface area contributed by atoms with Crippen molar-refractivity contribution in [1.29, 1.82) is 0 Å². The third kappa shape index (κ3) is 3.00. The fourth-order valence-corrected chi connectivity index (χ4v) is 2.57. The molecule has 1 aromatic rings. The number of benzene rings is 1.